The molecule has 0 heterocycles. The van der Waals surface area contributed by atoms with Crippen molar-refractivity contribution in [1.29, 1.82) is 0 Å². The molecule has 1 fully saturated rings. The molecule has 0 bridgehead atoms. The molecule has 3 atom stereocenters. The molecule has 1 aliphatic rings. The molecular weight excluding hydrogens is 471 g/mol. The quantitative estimate of drug-likeness (QED) is 0.438. The van der Waals surface area contributed by atoms with Crippen molar-refractivity contribution in [3.8, 4) is 0 Å². The van der Waals surface area contributed by atoms with Crippen molar-refractivity contribution in [2.24, 2.45) is 17.0 Å². The highest BCUT2D eigenvalue weighted by Gasteiger charge is 2.44. The van der Waals surface area contributed by atoms with E-state index in [-0.39, 0.29) is 12.3 Å². The van der Waals surface area contributed by atoms with Gasteiger partial charge in [-0.05, 0) is 33.1 Å². The number of hydrogen-bond donors (Lipinski definition) is 2. The van der Waals surface area contributed by atoms with E-state index in [0.717, 1.165) is 17.7 Å². The Morgan fingerprint density at radius 3 is 2.09 bits per heavy atom. The molecule has 10 nitrogen and oxygen atoms in total. The molecule has 0 aromatic heterocycles. The molecule has 0 aromatic carbocycles. The monoisotopic (exact) mass is 503 g/mol. The van der Waals surface area contributed by atoms with Crippen LogP contribution in [0.2, 0.25) is 0 Å². The first-order valence-electron chi connectivity index (χ1n) is 10.3. The maximum absolute atomic E-state index is 13.2. The number of alkyl halides is 3. The van der Waals surface area contributed by atoms with Crippen LogP contribution in [-0.4, -0.2) is 69.1 Å². The molecule has 33 heavy (non-hydrogen) atoms. The van der Waals surface area contributed by atoms with E-state index in [2.05, 4.69) is 9.50 Å². The van der Waals surface area contributed by atoms with Crippen LogP contribution in [0.3, 0.4) is 0 Å². The molecule has 3 N–H and O–H groups in total. The van der Waals surface area contributed by atoms with E-state index in [9.17, 15) is 36.0 Å². The lowest BCUT2D eigenvalue weighted by molar-refractivity contribution is -0.165. The minimum atomic E-state index is -4.86. The number of alkyl carbamates (subject to hydrolysis) is 1. The number of carbonyl (C=O) groups excluding carboxylic acids is 3. The lowest BCUT2D eigenvalue weighted by atomic mass is 9.90. The van der Waals surface area contributed by atoms with Crippen molar-refractivity contribution in [1.82, 2.24) is 10.2 Å². The average molecular weight is 504 g/mol. The summed E-state index contributed by atoms with van der Waals surface area (Å²) in [6.07, 6.45) is -8.64. The fourth-order valence-corrected chi connectivity index (χ4v) is 3.67. The normalized spacial score (nSPS) is 17.6. The summed E-state index contributed by atoms with van der Waals surface area (Å²) in [4.78, 5) is 38.4. The van der Waals surface area contributed by atoms with E-state index in [0.29, 0.717) is 0 Å². The van der Waals surface area contributed by atoms with Gasteiger partial charge in [-0.2, -0.15) is 21.6 Å². The highest BCUT2D eigenvalue weighted by atomic mass is 32.2. The molecule has 192 valence electrons. The van der Waals surface area contributed by atoms with Gasteiger partial charge in [-0.1, -0.05) is 12.8 Å². The standard InChI is InChI=1S/C19H32F3N3O7S/c1-18(2,3)31-17(28)24-13(8-11-6-7-11)14(26)9-15(32-33(23,29)30)12(10-19(20,21)22)16(27)25(4)5/h11-13,15H,6-10H2,1-5H3,(H,24,28)(H2,23,29,30)/t12?,13?,15-/m0/s1. The summed E-state index contributed by atoms with van der Waals surface area (Å²) in [5.41, 5.74) is -0.869. The van der Waals surface area contributed by atoms with E-state index in [1.165, 1.54) is 14.1 Å². The molecule has 2 unspecified atom stereocenters. The van der Waals surface area contributed by atoms with Crippen molar-refractivity contribution in [3.05, 3.63) is 0 Å². The molecule has 2 amide bonds. The first-order valence-corrected chi connectivity index (χ1v) is 11.8. The van der Waals surface area contributed by atoms with Crippen molar-refractivity contribution in [3.63, 3.8) is 0 Å². The van der Waals surface area contributed by atoms with Gasteiger partial charge in [0.2, 0.25) is 5.91 Å². The molecule has 0 radical (unpaired) electrons. The second kappa shape index (κ2) is 11.0. The molecule has 0 aliphatic heterocycles. The van der Waals surface area contributed by atoms with Crippen LogP contribution in [0.25, 0.3) is 0 Å². The number of halogens is 3. The Kier molecular flexibility index (Phi) is 9.70. The topological polar surface area (TPSA) is 145 Å². The largest absolute Gasteiger partial charge is 0.444 e. The van der Waals surface area contributed by atoms with Crippen molar-refractivity contribution in [2.75, 3.05) is 14.1 Å². The van der Waals surface area contributed by atoms with Gasteiger partial charge in [0.05, 0.1) is 24.5 Å². The molecule has 14 heteroatoms. The Labute approximate surface area is 191 Å². The van der Waals surface area contributed by atoms with Crippen molar-refractivity contribution in [2.45, 2.75) is 76.8 Å². The third kappa shape index (κ3) is 12.2. The fourth-order valence-electron chi connectivity index (χ4n) is 3.12. The van der Waals surface area contributed by atoms with Gasteiger partial charge in [0.1, 0.15) is 5.60 Å². The van der Waals surface area contributed by atoms with Gasteiger partial charge in [-0.15, -0.1) is 0 Å². The molecule has 1 rings (SSSR count). The van der Waals surface area contributed by atoms with E-state index < -0.39 is 70.8 Å². The Bertz CT molecular complexity index is 821. The number of nitrogens with one attached hydrogen (secondary N) is 1. The van der Waals surface area contributed by atoms with E-state index in [1.807, 2.05) is 0 Å². The van der Waals surface area contributed by atoms with Crippen LogP contribution < -0.4 is 10.5 Å². The summed E-state index contributed by atoms with van der Waals surface area (Å²) in [7, 11) is -2.45. The van der Waals surface area contributed by atoms with Crippen LogP contribution in [0.15, 0.2) is 0 Å². The number of ether oxygens (including phenoxy) is 1. The number of nitrogens with zero attached hydrogens (tertiary/aromatic N) is 1. The smallest absolute Gasteiger partial charge is 0.408 e. The van der Waals surface area contributed by atoms with Crippen molar-refractivity contribution < 1.29 is 44.9 Å². The predicted octanol–water partition coefficient (Wildman–Crippen LogP) is 1.88. The Hall–Kier alpha value is -1.93. The average Bonchev–Trinajstić information content (AvgIpc) is 3.38. The van der Waals surface area contributed by atoms with Crippen LogP contribution in [0.5, 0.6) is 0 Å². The second-order valence-corrected chi connectivity index (χ2v) is 10.5. The number of hydrogen-bond acceptors (Lipinski definition) is 7. The van der Waals surface area contributed by atoms with Gasteiger partial charge in [0, 0.05) is 20.5 Å². The Balaban J connectivity index is 3.18. The highest BCUT2D eigenvalue weighted by molar-refractivity contribution is 7.84. The zero-order valence-electron chi connectivity index (χ0n) is 19.3. The summed E-state index contributed by atoms with van der Waals surface area (Å²) in [6.45, 7) is 4.82. The number of nitrogens with two attached hydrogens (primary N) is 1. The third-order valence-corrected chi connectivity index (χ3v) is 5.18. The Morgan fingerprint density at radius 2 is 1.70 bits per heavy atom. The molecular formula is C19H32F3N3O7S. The number of carbonyl (C=O) groups is 3. The summed E-state index contributed by atoms with van der Waals surface area (Å²) in [5, 5.41) is 7.24. The number of Topliss-reactive ketones (excluding diaryl/α,β-unsaturated/α-hetero) is 1. The van der Waals surface area contributed by atoms with Crippen LogP contribution in [0.4, 0.5) is 18.0 Å². The van der Waals surface area contributed by atoms with Gasteiger partial charge in [0.25, 0.3) is 0 Å². The van der Waals surface area contributed by atoms with E-state index >= 15 is 0 Å². The first kappa shape index (κ1) is 29.1. The molecule has 1 aliphatic carbocycles. The maximum atomic E-state index is 13.2. The zero-order chi connectivity index (χ0) is 25.8. The van der Waals surface area contributed by atoms with Gasteiger partial charge >= 0.3 is 22.6 Å². The van der Waals surface area contributed by atoms with Gasteiger partial charge in [0.15, 0.2) is 5.78 Å². The molecule has 0 aromatic rings. The minimum Gasteiger partial charge on any atom is -0.444 e. The van der Waals surface area contributed by atoms with Crippen LogP contribution in [-0.2, 0) is 28.8 Å². The minimum absolute atomic E-state index is 0.112. The third-order valence-electron chi connectivity index (χ3n) is 4.66. The van der Waals surface area contributed by atoms with Crippen molar-refractivity contribution >= 4 is 28.1 Å². The molecule has 1 saturated carbocycles. The van der Waals surface area contributed by atoms with Crippen LogP contribution >= 0.6 is 0 Å². The van der Waals surface area contributed by atoms with Crippen LogP contribution in [0, 0.1) is 11.8 Å². The van der Waals surface area contributed by atoms with E-state index in [4.69, 9.17) is 9.88 Å². The summed E-state index contributed by atoms with van der Waals surface area (Å²) in [5.74, 6) is -3.83. The first-order chi connectivity index (χ1) is 14.8. The predicted molar refractivity (Wildman–Crippen MR) is 111 cm³/mol. The van der Waals surface area contributed by atoms with Crippen LogP contribution in [0.1, 0.15) is 52.9 Å². The van der Waals surface area contributed by atoms with Gasteiger partial charge < -0.3 is 15.0 Å². The SMILES string of the molecule is CN(C)C(=O)C(CC(F)(F)F)[C@H](CC(=O)C(CC1CC1)NC(=O)OC(C)(C)C)OS(N)(=O)=O. The van der Waals surface area contributed by atoms with Gasteiger partial charge in [-0.3, -0.25) is 13.8 Å². The summed E-state index contributed by atoms with van der Waals surface area (Å²) < 4.78 is 72.3. The summed E-state index contributed by atoms with van der Waals surface area (Å²) in [6, 6.07) is -1.17. The van der Waals surface area contributed by atoms with E-state index in [1.54, 1.807) is 20.8 Å². The number of rotatable bonds is 11. The molecule has 0 spiro atoms. The lowest BCUT2D eigenvalue weighted by Gasteiger charge is -2.29. The summed E-state index contributed by atoms with van der Waals surface area (Å²) >= 11 is 0. The Morgan fingerprint density at radius 1 is 1.15 bits per heavy atom. The number of ketones is 1. The zero-order valence-corrected chi connectivity index (χ0v) is 20.1. The fraction of sp³-hybridized carbons (Fsp3) is 0.842. The maximum Gasteiger partial charge on any atom is 0.408 e. The highest BCUT2D eigenvalue weighted by Crippen LogP contribution is 2.35. The second-order valence-electron chi connectivity index (χ2n) is 9.33. The lowest BCUT2D eigenvalue weighted by Crippen LogP contribution is -2.47. The van der Waals surface area contributed by atoms with Gasteiger partial charge in [-0.25, -0.2) is 9.93 Å². The molecule has 0 saturated heterocycles. The number of amides is 2.